The molecule has 4 heteroatoms. The maximum absolute atomic E-state index is 11.9. The Morgan fingerprint density at radius 1 is 1.06 bits per heavy atom. The average molecular weight is 239 g/mol. The first-order valence-corrected chi connectivity index (χ1v) is 6.34. The van der Waals surface area contributed by atoms with E-state index in [0.717, 1.165) is 29.3 Å². The van der Waals surface area contributed by atoms with Crippen molar-refractivity contribution in [3.63, 3.8) is 0 Å². The van der Waals surface area contributed by atoms with Crippen LogP contribution in [-0.4, -0.2) is 15.2 Å². The Morgan fingerprint density at radius 2 is 1.83 bits per heavy atom. The van der Waals surface area contributed by atoms with Crippen LogP contribution in [0.25, 0.3) is 21.8 Å². The largest absolute Gasteiger partial charge is 0.321 e. The molecule has 2 heterocycles. The van der Waals surface area contributed by atoms with Gasteiger partial charge in [-0.3, -0.25) is 9.89 Å². The van der Waals surface area contributed by atoms with Crippen molar-refractivity contribution in [3.05, 3.63) is 39.8 Å². The lowest BCUT2D eigenvalue weighted by Crippen LogP contribution is -2.08. The van der Waals surface area contributed by atoms with Gasteiger partial charge in [-0.15, -0.1) is 0 Å². The number of H-pyrrole nitrogens is 2. The number of nitrogens with one attached hydrogen (secondary N) is 2. The standard InChI is InChI=1S/C14H13N3O/c18-14-11-7-15-17-13(11)10-5-8-3-1-2-4-9(8)6-12(10)16-14/h5-7H,1-4H2,(H,15,17)(H,16,18). The van der Waals surface area contributed by atoms with E-state index in [4.69, 9.17) is 0 Å². The van der Waals surface area contributed by atoms with Crippen LogP contribution < -0.4 is 5.56 Å². The SMILES string of the molecule is O=c1[nH]c2cc3c(cc2c2[nH]ncc12)CCCC3. The van der Waals surface area contributed by atoms with Gasteiger partial charge in [0.15, 0.2) is 0 Å². The van der Waals surface area contributed by atoms with Crippen molar-refractivity contribution >= 4 is 21.8 Å². The molecule has 90 valence electrons. The van der Waals surface area contributed by atoms with Gasteiger partial charge in [0.2, 0.25) is 0 Å². The Kier molecular flexibility index (Phi) is 1.89. The van der Waals surface area contributed by atoms with E-state index in [9.17, 15) is 4.79 Å². The lowest BCUT2D eigenvalue weighted by Gasteiger charge is -2.16. The minimum absolute atomic E-state index is 0.0676. The lowest BCUT2D eigenvalue weighted by atomic mass is 9.90. The third kappa shape index (κ3) is 1.26. The van der Waals surface area contributed by atoms with Crippen molar-refractivity contribution in [2.75, 3.05) is 0 Å². The zero-order chi connectivity index (χ0) is 12.1. The van der Waals surface area contributed by atoms with E-state index >= 15 is 0 Å². The first-order valence-electron chi connectivity index (χ1n) is 6.34. The van der Waals surface area contributed by atoms with Crippen LogP contribution in [0, 0.1) is 0 Å². The average Bonchev–Trinajstić information content (AvgIpc) is 2.87. The molecular formula is C14H13N3O. The molecule has 1 aliphatic carbocycles. The van der Waals surface area contributed by atoms with Gasteiger partial charge in [0.1, 0.15) is 0 Å². The second-order valence-electron chi connectivity index (χ2n) is 4.99. The molecule has 0 aliphatic heterocycles. The normalized spacial score (nSPS) is 15.1. The van der Waals surface area contributed by atoms with Crippen LogP contribution in [0.2, 0.25) is 0 Å². The second-order valence-corrected chi connectivity index (χ2v) is 4.99. The highest BCUT2D eigenvalue weighted by Crippen LogP contribution is 2.27. The number of hydrogen-bond acceptors (Lipinski definition) is 2. The molecule has 18 heavy (non-hydrogen) atoms. The smallest absolute Gasteiger partial charge is 0.259 e. The van der Waals surface area contributed by atoms with Crippen LogP contribution in [0.1, 0.15) is 24.0 Å². The minimum Gasteiger partial charge on any atom is -0.321 e. The summed E-state index contributed by atoms with van der Waals surface area (Å²) in [6.45, 7) is 0. The Hall–Kier alpha value is -2.10. The number of nitrogens with zero attached hydrogens (tertiary/aromatic N) is 1. The molecule has 0 saturated heterocycles. The summed E-state index contributed by atoms with van der Waals surface area (Å²) in [5.41, 5.74) is 4.49. The summed E-state index contributed by atoms with van der Waals surface area (Å²) >= 11 is 0. The van der Waals surface area contributed by atoms with E-state index in [0.29, 0.717) is 5.39 Å². The summed E-state index contributed by atoms with van der Waals surface area (Å²) in [6, 6.07) is 4.34. The van der Waals surface area contributed by atoms with Crippen LogP contribution in [0.4, 0.5) is 0 Å². The predicted octanol–water partition coefficient (Wildman–Crippen LogP) is 2.28. The Balaban J connectivity index is 2.18. The molecule has 0 radical (unpaired) electrons. The summed E-state index contributed by atoms with van der Waals surface area (Å²) in [5, 5.41) is 8.63. The number of fused-ring (bicyclic) bond motifs is 4. The van der Waals surface area contributed by atoms with Crippen LogP contribution in [-0.2, 0) is 12.8 Å². The Labute approximate surface area is 103 Å². The van der Waals surface area contributed by atoms with E-state index in [1.54, 1.807) is 6.20 Å². The fourth-order valence-electron chi connectivity index (χ4n) is 2.95. The summed E-state index contributed by atoms with van der Waals surface area (Å²) in [7, 11) is 0. The van der Waals surface area contributed by atoms with Gasteiger partial charge in [-0.05, 0) is 48.9 Å². The minimum atomic E-state index is -0.0676. The molecular weight excluding hydrogens is 226 g/mol. The van der Waals surface area contributed by atoms with Crippen molar-refractivity contribution in [1.29, 1.82) is 0 Å². The molecule has 0 fully saturated rings. The second kappa shape index (κ2) is 3.45. The number of pyridine rings is 1. The molecule has 0 bridgehead atoms. The highest BCUT2D eigenvalue weighted by molar-refractivity contribution is 6.03. The molecule has 4 nitrogen and oxygen atoms in total. The monoisotopic (exact) mass is 239 g/mol. The van der Waals surface area contributed by atoms with Gasteiger partial charge in [0, 0.05) is 5.39 Å². The molecule has 2 N–H and O–H groups in total. The van der Waals surface area contributed by atoms with Crippen molar-refractivity contribution < 1.29 is 0 Å². The fourth-order valence-corrected chi connectivity index (χ4v) is 2.95. The van der Waals surface area contributed by atoms with E-state index in [2.05, 4.69) is 27.3 Å². The maximum Gasteiger partial charge on any atom is 0.259 e. The van der Waals surface area contributed by atoms with E-state index < -0.39 is 0 Å². The third-order valence-electron chi connectivity index (χ3n) is 3.88. The molecule has 4 rings (SSSR count). The topological polar surface area (TPSA) is 61.5 Å². The molecule has 0 saturated carbocycles. The van der Waals surface area contributed by atoms with Crippen molar-refractivity contribution in [2.24, 2.45) is 0 Å². The number of aromatic amines is 2. The van der Waals surface area contributed by atoms with Crippen LogP contribution >= 0.6 is 0 Å². The maximum atomic E-state index is 11.9. The van der Waals surface area contributed by atoms with Crippen molar-refractivity contribution in [3.8, 4) is 0 Å². The predicted molar refractivity (Wildman–Crippen MR) is 70.9 cm³/mol. The van der Waals surface area contributed by atoms with Gasteiger partial charge in [-0.1, -0.05) is 0 Å². The zero-order valence-electron chi connectivity index (χ0n) is 9.92. The van der Waals surface area contributed by atoms with Gasteiger partial charge in [0.25, 0.3) is 5.56 Å². The Morgan fingerprint density at radius 3 is 2.67 bits per heavy atom. The fraction of sp³-hybridized carbons (Fsp3) is 0.286. The highest BCUT2D eigenvalue weighted by Gasteiger charge is 2.13. The molecule has 0 spiro atoms. The third-order valence-corrected chi connectivity index (χ3v) is 3.88. The number of aryl methyl sites for hydroxylation is 2. The summed E-state index contributed by atoms with van der Waals surface area (Å²) in [5.74, 6) is 0. The molecule has 1 aromatic carbocycles. The van der Waals surface area contributed by atoms with Gasteiger partial charge < -0.3 is 4.98 Å². The first-order chi connectivity index (χ1) is 8.83. The molecule has 1 aliphatic rings. The number of rotatable bonds is 0. The quantitative estimate of drug-likeness (QED) is 0.632. The number of aromatic nitrogens is 3. The molecule has 2 aromatic heterocycles. The number of benzene rings is 1. The van der Waals surface area contributed by atoms with E-state index in [1.165, 1.54) is 24.0 Å². The molecule has 0 amide bonds. The summed E-state index contributed by atoms with van der Waals surface area (Å²) < 4.78 is 0. The van der Waals surface area contributed by atoms with Gasteiger partial charge in [0.05, 0.1) is 22.6 Å². The van der Waals surface area contributed by atoms with E-state index in [1.807, 2.05) is 0 Å². The molecule has 0 atom stereocenters. The Bertz CT molecular complexity index is 813. The van der Waals surface area contributed by atoms with E-state index in [-0.39, 0.29) is 5.56 Å². The van der Waals surface area contributed by atoms with Gasteiger partial charge in [-0.25, -0.2) is 0 Å². The number of hydrogen-bond donors (Lipinski definition) is 2. The summed E-state index contributed by atoms with van der Waals surface area (Å²) in [6.07, 6.45) is 6.35. The van der Waals surface area contributed by atoms with Crippen molar-refractivity contribution in [2.45, 2.75) is 25.7 Å². The van der Waals surface area contributed by atoms with Gasteiger partial charge in [-0.2, -0.15) is 5.10 Å². The summed E-state index contributed by atoms with van der Waals surface area (Å²) in [4.78, 5) is 14.9. The van der Waals surface area contributed by atoms with Crippen LogP contribution in [0.3, 0.4) is 0 Å². The zero-order valence-corrected chi connectivity index (χ0v) is 9.92. The van der Waals surface area contributed by atoms with Gasteiger partial charge >= 0.3 is 0 Å². The van der Waals surface area contributed by atoms with Crippen molar-refractivity contribution in [1.82, 2.24) is 15.2 Å². The van der Waals surface area contributed by atoms with Crippen LogP contribution in [0.5, 0.6) is 0 Å². The highest BCUT2D eigenvalue weighted by atomic mass is 16.1. The van der Waals surface area contributed by atoms with Crippen LogP contribution in [0.15, 0.2) is 23.1 Å². The molecule has 0 unspecified atom stereocenters. The lowest BCUT2D eigenvalue weighted by molar-refractivity contribution is 0.687. The first kappa shape index (κ1) is 9.88. The molecule has 3 aromatic rings.